The standard InChI is InChI=1S/C14H20F2N2O2/c1-2-20-14(6-8-19-9-7-14)13(18-17)10-4-3-5-11(15)12(10)16/h3-5,13,18H,2,6-9,17H2,1H3. The number of hydrazine groups is 1. The highest BCUT2D eigenvalue weighted by molar-refractivity contribution is 5.25. The van der Waals surface area contributed by atoms with Crippen molar-refractivity contribution in [3.8, 4) is 0 Å². The van der Waals surface area contributed by atoms with E-state index >= 15 is 0 Å². The van der Waals surface area contributed by atoms with Crippen LogP contribution in [-0.4, -0.2) is 25.4 Å². The lowest BCUT2D eigenvalue weighted by Gasteiger charge is -2.43. The maximum atomic E-state index is 14.0. The first-order chi connectivity index (χ1) is 9.64. The molecule has 0 aliphatic carbocycles. The van der Waals surface area contributed by atoms with E-state index in [0.29, 0.717) is 32.7 Å². The van der Waals surface area contributed by atoms with Crippen LogP contribution in [0.5, 0.6) is 0 Å². The Labute approximate surface area is 117 Å². The number of nitrogens with two attached hydrogens (primary N) is 1. The Morgan fingerprint density at radius 1 is 1.40 bits per heavy atom. The maximum absolute atomic E-state index is 14.0. The second-order valence-corrected chi connectivity index (χ2v) is 4.85. The fourth-order valence-corrected chi connectivity index (χ4v) is 2.79. The van der Waals surface area contributed by atoms with Crippen LogP contribution in [0.2, 0.25) is 0 Å². The van der Waals surface area contributed by atoms with Gasteiger partial charge in [-0.3, -0.25) is 5.84 Å². The molecular weight excluding hydrogens is 266 g/mol. The van der Waals surface area contributed by atoms with Crippen LogP contribution in [0.4, 0.5) is 8.78 Å². The summed E-state index contributed by atoms with van der Waals surface area (Å²) in [4.78, 5) is 0. The van der Waals surface area contributed by atoms with E-state index in [0.717, 1.165) is 6.07 Å². The van der Waals surface area contributed by atoms with Crippen LogP contribution in [0.25, 0.3) is 0 Å². The molecule has 1 atom stereocenters. The van der Waals surface area contributed by atoms with Gasteiger partial charge in [0, 0.05) is 38.2 Å². The normalized spacial score (nSPS) is 19.8. The Bertz CT molecular complexity index is 445. The van der Waals surface area contributed by atoms with E-state index in [9.17, 15) is 8.78 Å². The molecule has 3 N–H and O–H groups in total. The maximum Gasteiger partial charge on any atom is 0.163 e. The van der Waals surface area contributed by atoms with Gasteiger partial charge in [0.25, 0.3) is 0 Å². The summed E-state index contributed by atoms with van der Waals surface area (Å²) < 4.78 is 38.7. The number of halogens is 2. The van der Waals surface area contributed by atoms with Gasteiger partial charge in [-0.1, -0.05) is 12.1 Å². The third-order valence-corrected chi connectivity index (χ3v) is 3.76. The van der Waals surface area contributed by atoms with Crippen LogP contribution in [0.3, 0.4) is 0 Å². The zero-order valence-corrected chi connectivity index (χ0v) is 11.5. The van der Waals surface area contributed by atoms with Crippen molar-refractivity contribution in [3.05, 3.63) is 35.4 Å². The van der Waals surface area contributed by atoms with Gasteiger partial charge in [0.05, 0.1) is 11.6 Å². The minimum atomic E-state index is -0.888. The first-order valence-corrected chi connectivity index (χ1v) is 6.76. The molecule has 1 aromatic rings. The molecule has 1 aliphatic rings. The summed E-state index contributed by atoms with van der Waals surface area (Å²) >= 11 is 0. The lowest BCUT2D eigenvalue weighted by molar-refractivity contribution is -0.128. The third kappa shape index (κ3) is 2.83. The van der Waals surface area contributed by atoms with Gasteiger partial charge in [0.2, 0.25) is 0 Å². The summed E-state index contributed by atoms with van der Waals surface area (Å²) in [6.07, 6.45) is 1.15. The number of nitrogens with one attached hydrogen (secondary N) is 1. The van der Waals surface area contributed by atoms with Crippen molar-refractivity contribution in [1.82, 2.24) is 5.43 Å². The van der Waals surface area contributed by atoms with Crippen LogP contribution in [0.1, 0.15) is 31.4 Å². The Hall–Kier alpha value is -1.08. The van der Waals surface area contributed by atoms with Crippen LogP contribution in [0, 0.1) is 11.6 Å². The van der Waals surface area contributed by atoms with E-state index in [2.05, 4.69) is 5.43 Å². The molecule has 2 rings (SSSR count). The fourth-order valence-electron chi connectivity index (χ4n) is 2.79. The Morgan fingerprint density at radius 3 is 2.70 bits per heavy atom. The molecule has 0 bridgehead atoms. The Morgan fingerprint density at radius 2 is 2.10 bits per heavy atom. The molecule has 1 saturated heterocycles. The van der Waals surface area contributed by atoms with Crippen LogP contribution in [0.15, 0.2) is 18.2 Å². The van der Waals surface area contributed by atoms with Gasteiger partial charge in [-0.25, -0.2) is 14.2 Å². The molecule has 20 heavy (non-hydrogen) atoms. The molecular formula is C14H20F2N2O2. The van der Waals surface area contributed by atoms with Crippen molar-refractivity contribution in [2.45, 2.75) is 31.4 Å². The lowest BCUT2D eigenvalue weighted by atomic mass is 9.82. The van der Waals surface area contributed by atoms with Crippen molar-refractivity contribution in [2.24, 2.45) is 5.84 Å². The average Bonchev–Trinajstić information content (AvgIpc) is 2.45. The minimum Gasteiger partial charge on any atom is -0.381 e. The van der Waals surface area contributed by atoms with Crippen LogP contribution >= 0.6 is 0 Å². The lowest BCUT2D eigenvalue weighted by Crippen LogP contribution is -2.52. The summed E-state index contributed by atoms with van der Waals surface area (Å²) in [5.74, 6) is 3.83. The van der Waals surface area contributed by atoms with E-state index < -0.39 is 23.3 Å². The van der Waals surface area contributed by atoms with Gasteiger partial charge in [0.1, 0.15) is 0 Å². The first-order valence-electron chi connectivity index (χ1n) is 6.76. The highest BCUT2D eigenvalue weighted by atomic mass is 19.2. The van der Waals surface area contributed by atoms with Crippen molar-refractivity contribution in [3.63, 3.8) is 0 Å². The molecule has 0 spiro atoms. The van der Waals surface area contributed by atoms with E-state index in [1.165, 1.54) is 12.1 Å². The van der Waals surface area contributed by atoms with Crippen molar-refractivity contribution < 1.29 is 18.3 Å². The minimum absolute atomic E-state index is 0.183. The van der Waals surface area contributed by atoms with Gasteiger partial charge >= 0.3 is 0 Å². The zero-order valence-electron chi connectivity index (χ0n) is 11.5. The van der Waals surface area contributed by atoms with Gasteiger partial charge < -0.3 is 9.47 Å². The zero-order chi connectivity index (χ0) is 14.6. The van der Waals surface area contributed by atoms with Crippen molar-refractivity contribution >= 4 is 0 Å². The molecule has 0 radical (unpaired) electrons. The number of benzene rings is 1. The van der Waals surface area contributed by atoms with E-state index in [1.54, 1.807) is 0 Å². The quantitative estimate of drug-likeness (QED) is 0.642. The largest absolute Gasteiger partial charge is 0.381 e. The summed E-state index contributed by atoms with van der Waals surface area (Å²) in [6, 6.07) is 3.46. The SMILES string of the molecule is CCOC1(C(NN)c2cccc(F)c2F)CCOCC1. The highest BCUT2D eigenvalue weighted by Crippen LogP contribution is 2.38. The third-order valence-electron chi connectivity index (χ3n) is 3.76. The molecule has 1 fully saturated rings. The number of rotatable bonds is 5. The summed E-state index contributed by atoms with van der Waals surface area (Å²) in [5.41, 5.74) is 2.09. The van der Waals surface area contributed by atoms with Gasteiger partial charge in [-0.05, 0) is 13.0 Å². The molecule has 0 amide bonds. The first kappa shape index (κ1) is 15.3. The van der Waals surface area contributed by atoms with Crippen LogP contribution in [-0.2, 0) is 9.47 Å². The molecule has 1 aliphatic heterocycles. The molecule has 1 unspecified atom stereocenters. The van der Waals surface area contributed by atoms with Crippen molar-refractivity contribution in [2.75, 3.05) is 19.8 Å². The Kier molecular flexibility index (Phi) is 5.04. The molecule has 6 heteroatoms. The molecule has 1 heterocycles. The topological polar surface area (TPSA) is 56.5 Å². The number of ether oxygens (including phenoxy) is 2. The summed E-state index contributed by atoms with van der Waals surface area (Å²) in [6.45, 7) is 3.35. The summed E-state index contributed by atoms with van der Waals surface area (Å²) in [7, 11) is 0. The second kappa shape index (κ2) is 6.58. The number of hydrogen-bond donors (Lipinski definition) is 2. The van der Waals surface area contributed by atoms with Gasteiger partial charge in [0.15, 0.2) is 11.6 Å². The van der Waals surface area contributed by atoms with E-state index in [4.69, 9.17) is 15.3 Å². The predicted molar refractivity (Wildman–Crippen MR) is 70.8 cm³/mol. The average molecular weight is 286 g/mol. The Balaban J connectivity index is 2.39. The molecule has 112 valence electrons. The fraction of sp³-hybridized carbons (Fsp3) is 0.571. The highest BCUT2D eigenvalue weighted by Gasteiger charge is 2.43. The summed E-state index contributed by atoms with van der Waals surface area (Å²) in [5, 5.41) is 0. The van der Waals surface area contributed by atoms with Crippen LogP contribution < -0.4 is 11.3 Å². The van der Waals surface area contributed by atoms with Gasteiger partial charge in [-0.15, -0.1) is 0 Å². The van der Waals surface area contributed by atoms with Crippen molar-refractivity contribution in [1.29, 1.82) is 0 Å². The van der Waals surface area contributed by atoms with E-state index in [1.807, 2.05) is 6.92 Å². The smallest absolute Gasteiger partial charge is 0.163 e. The monoisotopic (exact) mass is 286 g/mol. The molecule has 0 saturated carbocycles. The second-order valence-electron chi connectivity index (χ2n) is 4.85. The van der Waals surface area contributed by atoms with E-state index in [-0.39, 0.29) is 5.56 Å². The molecule has 0 aromatic heterocycles. The van der Waals surface area contributed by atoms with Gasteiger partial charge in [-0.2, -0.15) is 0 Å². The number of hydrogen-bond acceptors (Lipinski definition) is 4. The predicted octanol–water partition coefficient (Wildman–Crippen LogP) is 2.05. The molecule has 4 nitrogen and oxygen atoms in total. The molecule has 1 aromatic carbocycles.